The first-order valence-electron chi connectivity index (χ1n) is 13.4. The van der Waals surface area contributed by atoms with Gasteiger partial charge in [0, 0.05) is 28.5 Å². The molecule has 0 aliphatic carbocycles. The van der Waals surface area contributed by atoms with Gasteiger partial charge in [-0.1, -0.05) is 48.0 Å². The van der Waals surface area contributed by atoms with Crippen molar-refractivity contribution in [2.24, 2.45) is 5.41 Å². The Morgan fingerprint density at radius 3 is 2.77 bits per heavy atom. The highest BCUT2D eigenvalue weighted by atomic mass is 35.5. The predicted molar refractivity (Wildman–Crippen MR) is 159 cm³/mol. The molecule has 0 unspecified atom stereocenters. The van der Waals surface area contributed by atoms with Gasteiger partial charge in [0.15, 0.2) is 5.01 Å². The molecular weight excluding hydrogens is 597 g/mol. The number of nitrogens with zero attached hydrogens (tertiary/aromatic N) is 5. The van der Waals surface area contributed by atoms with E-state index >= 15 is 4.39 Å². The Kier molecular flexibility index (Phi) is 7.75. The minimum Gasteiger partial charge on any atom is -0.478 e. The van der Waals surface area contributed by atoms with Crippen LogP contribution in [0.4, 0.5) is 4.39 Å². The number of hydrogen-bond acceptors (Lipinski definition) is 9. The van der Waals surface area contributed by atoms with Crippen LogP contribution in [0.3, 0.4) is 0 Å². The van der Waals surface area contributed by atoms with Crippen molar-refractivity contribution < 1.29 is 28.5 Å². The van der Waals surface area contributed by atoms with Crippen LogP contribution >= 0.6 is 22.9 Å². The summed E-state index contributed by atoms with van der Waals surface area (Å²) >= 11 is 8.00. The molecule has 1 atom stereocenters. The maximum atomic E-state index is 15.6. The first-order chi connectivity index (χ1) is 20.6. The second kappa shape index (κ2) is 11.5. The number of aromatic carboxylic acids is 1. The van der Waals surface area contributed by atoms with Crippen LogP contribution in [0.1, 0.15) is 46.6 Å². The molecule has 43 heavy (non-hydrogen) atoms. The minimum atomic E-state index is -1.03. The third-order valence-corrected chi connectivity index (χ3v) is 8.63. The van der Waals surface area contributed by atoms with Crippen molar-refractivity contribution in [3.05, 3.63) is 81.3 Å². The monoisotopic (exact) mass is 623 g/mol. The second-order valence-corrected chi connectivity index (χ2v) is 12.3. The van der Waals surface area contributed by atoms with Gasteiger partial charge < -0.3 is 23.9 Å². The number of aromatic nitrogens is 5. The molecule has 13 heteroatoms. The van der Waals surface area contributed by atoms with Gasteiger partial charge in [0.1, 0.15) is 18.2 Å². The van der Waals surface area contributed by atoms with Gasteiger partial charge in [-0.05, 0) is 42.0 Å². The smallest absolute Gasteiger partial charge is 0.335 e. The summed E-state index contributed by atoms with van der Waals surface area (Å²) < 4.78 is 34.3. The molecule has 1 N–H and O–H groups in total. The minimum absolute atomic E-state index is 0.104. The summed E-state index contributed by atoms with van der Waals surface area (Å²) in [5.74, 6) is -0.597. The molecule has 0 spiro atoms. The van der Waals surface area contributed by atoms with E-state index in [2.05, 4.69) is 29.0 Å². The molecule has 2 aromatic carbocycles. The molecule has 0 amide bonds. The Labute approximate surface area is 255 Å². The van der Waals surface area contributed by atoms with E-state index in [4.69, 9.17) is 30.8 Å². The molecule has 0 bridgehead atoms. The lowest BCUT2D eigenvalue weighted by Crippen LogP contribution is -2.27. The first kappa shape index (κ1) is 29.0. The van der Waals surface area contributed by atoms with Crippen molar-refractivity contribution in [1.29, 1.82) is 0 Å². The van der Waals surface area contributed by atoms with E-state index in [-0.39, 0.29) is 35.6 Å². The Balaban J connectivity index is 1.31. The van der Waals surface area contributed by atoms with Crippen LogP contribution in [0.2, 0.25) is 5.02 Å². The Morgan fingerprint density at radius 1 is 1.21 bits per heavy atom. The van der Waals surface area contributed by atoms with Crippen LogP contribution in [0.5, 0.6) is 11.1 Å². The number of ether oxygens (including phenoxy) is 3. The van der Waals surface area contributed by atoms with E-state index in [1.807, 2.05) is 4.57 Å². The summed E-state index contributed by atoms with van der Waals surface area (Å²) in [5, 5.41) is 18.9. The van der Waals surface area contributed by atoms with Crippen molar-refractivity contribution in [3.63, 3.8) is 0 Å². The van der Waals surface area contributed by atoms with Crippen molar-refractivity contribution in [1.82, 2.24) is 24.7 Å². The van der Waals surface area contributed by atoms with Gasteiger partial charge in [-0.15, -0.1) is 5.10 Å². The van der Waals surface area contributed by atoms with Crippen LogP contribution in [0, 0.1) is 11.2 Å². The van der Waals surface area contributed by atoms with Crippen LogP contribution in [0.15, 0.2) is 48.5 Å². The van der Waals surface area contributed by atoms with E-state index in [1.165, 1.54) is 30.6 Å². The van der Waals surface area contributed by atoms with Gasteiger partial charge in [-0.25, -0.2) is 19.2 Å². The first-order valence-corrected chi connectivity index (χ1v) is 14.6. The SMILES string of the molecule is COc1nnc(COc2cccc(-c3cc(Cl)c(Cc4nc5ccc(C(=O)O)cc5n4[C@@H]4COCC4(C)C)cc3F)n2)s1. The fourth-order valence-corrected chi connectivity index (χ4v) is 5.97. The number of carbonyl (C=O) groups is 1. The number of imidazole rings is 1. The lowest BCUT2D eigenvalue weighted by molar-refractivity contribution is 0.0697. The highest BCUT2D eigenvalue weighted by Gasteiger charge is 2.39. The number of rotatable bonds is 9. The average Bonchev–Trinajstić information content (AvgIpc) is 3.69. The molecule has 1 aliphatic heterocycles. The Hall–Kier alpha value is -4.13. The lowest BCUT2D eigenvalue weighted by Gasteiger charge is -2.28. The summed E-state index contributed by atoms with van der Waals surface area (Å²) in [5.41, 5.74) is 2.36. The van der Waals surface area contributed by atoms with Gasteiger partial charge >= 0.3 is 5.97 Å². The third kappa shape index (κ3) is 5.77. The number of methoxy groups -OCH3 is 1. The highest BCUT2D eigenvalue weighted by Crippen LogP contribution is 2.41. The Bertz CT molecular complexity index is 1840. The van der Waals surface area contributed by atoms with Gasteiger partial charge in [0.25, 0.3) is 5.19 Å². The standard InChI is InChI=1S/C30H27ClFN5O5S/c1-30(2)15-41-13-24(30)37-23-10-16(28(38)39)7-8-22(23)33-25(37)11-17-9-20(32)18(12-19(17)31)21-5-4-6-26(34-21)42-14-27-35-36-29(40-3)43-27/h4-10,12,24H,11,13-15H2,1-3H3,(H,38,39)/t24-/m1/s1. The second-order valence-electron chi connectivity index (χ2n) is 10.8. The van der Waals surface area contributed by atoms with Crippen LogP contribution in [-0.4, -0.2) is 56.1 Å². The zero-order chi connectivity index (χ0) is 30.3. The molecule has 0 radical (unpaired) electrons. The van der Waals surface area contributed by atoms with Gasteiger partial charge in [0.2, 0.25) is 5.88 Å². The number of benzene rings is 2. The van der Waals surface area contributed by atoms with Gasteiger partial charge in [-0.2, -0.15) is 0 Å². The van der Waals surface area contributed by atoms with E-state index < -0.39 is 11.8 Å². The predicted octanol–water partition coefficient (Wildman–Crippen LogP) is 6.22. The fraction of sp³-hybridized carbons (Fsp3) is 0.300. The molecule has 3 aromatic heterocycles. The molecule has 0 saturated carbocycles. The summed E-state index contributed by atoms with van der Waals surface area (Å²) in [6.07, 6.45) is 0.224. The van der Waals surface area contributed by atoms with Crippen molar-refractivity contribution in [3.8, 4) is 22.3 Å². The molecule has 5 aromatic rings. The molecule has 6 rings (SSSR count). The lowest BCUT2D eigenvalue weighted by atomic mass is 9.87. The zero-order valence-corrected chi connectivity index (χ0v) is 25.1. The van der Waals surface area contributed by atoms with Crippen LogP contribution < -0.4 is 9.47 Å². The molecule has 10 nitrogen and oxygen atoms in total. The average molecular weight is 624 g/mol. The summed E-state index contributed by atoms with van der Waals surface area (Å²) in [7, 11) is 1.51. The van der Waals surface area contributed by atoms with E-state index in [1.54, 1.807) is 36.4 Å². The maximum Gasteiger partial charge on any atom is 0.335 e. The van der Waals surface area contributed by atoms with E-state index in [9.17, 15) is 9.90 Å². The number of carboxylic acids is 1. The molecule has 1 fully saturated rings. The molecular formula is C30H27ClFN5O5S. The molecule has 4 heterocycles. The zero-order valence-electron chi connectivity index (χ0n) is 23.5. The van der Waals surface area contributed by atoms with E-state index in [0.29, 0.717) is 62.4 Å². The fourth-order valence-electron chi connectivity index (χ4n) is 5.18. The van der Waals surface area contributed by atoms with Crippen molar-refractivity contribution in [2.75, 3.05) is 20.3 Å². The number of fused-ring (bicyclic) bond motifs is 1. The van der Waals surface area contributed by atoms with E-state index in [0.717, 1.165) is 0 Å². The number of carboxylic acid groups (broad SMARTS) is 1. The quantitative estimate of drug-likeness (QED) is 0.204. The number of pyridine rings is 1. The van der Waals surface area contributed by atoms with Crippen molar-refractivity contribution in [2.45, 2.75) is 32.9 Å². The highest BCUT2D eigenvalue weighted by molar-refractivity contribution is 7.13. The van der Waals surface area contributed by atoms with Gasteiger partial charge in [0.05, 0.1) is 48.7 Å². The summed E-state index contributed by atoms with van der Waals surface area (Å²) in [6.45, 7) is 5.32. The largest absolute Gasteiger partial charge is 0.478 e. The number of hydrogen-bond donors (Lipinski definition) is 1. The third-order valence-electron chi connectivity index (χ3n) is 7.42. The molecule has 222 valence electrons. The maximum absolute atomic E-state index is 15.6. The molecule has 1 aliphatic rings. The normalized spacial score (nSPS) is 16.1. The molecule has 1 saturated heterocycles. The van der Waals surface area contributed by atoms with Gasteiger partial charge in [-0.3, -0.25) is 0 Å². The Morgan fingerprint density at radius 2 is 2.05 bits per heavy atom. The van der Waals surface area contributed by atoms with Crippen LogP contribution in [0.25, 0.3) is 22.3 Å². The van der Waals surface area contributed by atoms with Crippen LogP contribution in [-0.2, 0) is 17.8 Å². The number of halogens is 2. The summed E-state index contributed by atoms with van der Waals surface area (Å²) in [6, 6.07) is 12.7. The topological polar surface area (TPSA) is 121 Å². The summed E-state index contributed by atoms with van der Waals surface area (Å²) in [4.78, 5) is 21.0. The van der Waals surface area contributed by atoms with Crippen molar-refractivity contribution >= 4 is 39.9 Å².